The fourth-order valence-electron chi connectivity index (χ4n) is 0.997. The van der Waals surface area contributed by atoms with Crippen LogP contribution < -0.4 is 10.6 Å². The van der Waals surface area contributed by atoms with Crippen LogP contribution in [0, 0.1) is 5.92 Å². The first-order valence-corrected chi connectivity index (χ1v) is 4.65. The largest absolute Gasteiger partial charge is 0.356 e. The van der Waals surface area contributed by atoms with Gasteiger partial charge in [-0.1, -0.05) is 20.3 Å². The van der Waals surface area contributed by atoms with Crippen molar-refractivity contribution in [2.24, 2.45) is 5.92 Å². The fourth-order valence-corrected chi connectivity index (χ4v) is 0.997. The summed E-state index contributed by atoms with van der Waals surface area (Å²) in [6, 6.07) is 0. The maximum Gasteiger partial charge on any atom is 0.216 e. The highest BCUT2D eigenvalue weighted by molar-refractivity contribution is 5.72. The van der Waals surface area contributed by atoms with E-state index in [9.17, 15) is 4.79 Å². The monoisotopic (exact) mass is 172 g/mol. The normalized spacial score (nSPS) is 12.6. The van der Waals surface area contributed by atoms with Crippen molar-refractivity contribution in [1.82, 2.24) is 10.6 Å². The molecule has 0 aromatic heterocycles. The van der Waals surface area contributed by atoms with Gasteiger partial charge in [-0.25, -0.2) is 0 Å². The van der Waals surface area contributed by atoms with Gasteiger partial charge in [-0.2, -0.15) is 0 Å². The summed E-state index contributed by atoms with van der Waals surface area (Å²) in [6.45, 7) is 8.57. The van der Waals surface area contributed by atoms with Crippen LogP contribution in [-0.4, -0.2) is 25.5 Å². The zero-order valence-corrected chi connectivity index (χ0v) is 8.31. The number of nitrogens with one attached hydrogen (secondary N) is 2. The van der Waals surface area contributed by atoms with Crippen LogP contribution >= 0.6 is 0 Å². The second-order valence-corrected chi connectivity index (χ2v) is 3.02. The van der Waals surface area contributed by atoms with Crippen molar-refractivity contribution < 1.29 is 4.79 Å². The van der Waals surface area contributed by atoms with E-state index in [0.29, 0.717) is 5.92 Å². The lowest BCUT2D eigenvalue weighted by molar-refractivity contribution is -0.119. The molecule has 0 aromatic rings. The van der Waals surface area contributed by atoms with E-state index in [1.807, 2.05) is 0 Å². The molecule has 3 nitrogen and oxygen atoms in total. The molecule has 0 saturated carbocycles. The van der Waals surface area contributed by atoms with Crippen LogP contribution in [0.25, 0.3) is 0 Å². The minimum absolute atomic E-state index is 0.0601. The van der Waals surface area contributed by atoms with Gasteiger partial charge in [0.2, 0.25) is 5.91 Å². The van der Waals surface area contributed by atoms with Crippen LogP contribution in [0.3, 0.4) is 0 Å². The van der Waals surface area contributed by atoms with E-state index in [2.05, 4.69) is 24.5 Å². The second kappa shape index (κ2) is 7.10. The number of carbonyl (C=O) groups is 1. The Morgan fingerprint density at radius 1 is 1.33 bits per heavy atom. The molecule has 0 aromatic carbocycles. The summed E-state index contributed by atoms with van der Waals surface area (Å²) in [5.74, 6) is 0.624. The number of rotatable bonds is 6. The predicted octanol–water partition coefficient (Wildman–Crippen LogP) is 0.758. The molecule has 0 saturated heterocycles. The Morgan fingerprint density at radius 2 is 2.00 bits per heavy atom. The molecule has 0 aliphatic rings. The van der Waals surface area contributed by atoms with E-state index in [0.717, 1.165) is 26.1 Å². The third-order valence-electron chi connectivity index (χ3n) is 1.90. The van der Waals surface area contributed by atoms with Crippen LogP contribution in [-0.2, 0) is 4.79 Å². The molecule has 1 amide bonds. The minimum atomic E-state index is 0.0601. The number of hydrogen-bond acceptors (Lipinski definition) is 2. The molecule has 0 rings (SSSR count). The van der Waals surface area contributed by atoms with Gasteiger partial charge >= 0.3 is 0 Å². The molecule has 72 valence electrons. The quantitative estimate of drug-likeness (QED) is 0.621. The molecule has 0 spiro atoms. The fraction of sp³-hybridized carbons (Fsp3) is 0.889. The Labute approximate surface area is 74.9 Å². The van der Waals surface area contributed by atoms with Crippen molar-refractivity contribution in [3.63, 3.8) is 0 Å². The van der Waals surface area contributed by atoms with Crippen molar-refractivity contribution in [3.05, 3.63) is 0 Å². The molecular weight excluding hydrogens is 152 g/mol. The summed E-state index contributed by atoms with van der Waals surface area (Å²) in [6.07, 6.45) is 1.10. The van der Waals surface area contributed by atoms with E-state index in [1.165, 1.54) is 0 Å². The lowest BCUT2D eigenvalue weighted by Gasteiger charge is -2.14. The lowest BCUT2D eigenvalue weighted by atomic mass is 10.1. The summed E-state index contributed by atoms with van der Waals surface area (Å²) in [7, 11) is 0. The van der Waals surface area contributed by atoms with E-state index >= 15 is 0 Å². The standard InChI is InChI=1S/C9H20N2O/c1-4-9(6-10-5-2)7-11-8(3)12/h9-10H,4-7H2,1-3H3,(H,11,12). The maximum atomic E-state index is 10.6. The van der Waals surface area contributed by atoms with Gasteiger partial charge in [-0.3, -0.25) is 4.79 Å². The number of carbonyl (C=O) groups excluding carboxylic acids is 1. The molecule has 1 atom stereocenters. The van der Waals surface area contributed by atoms with Crippen molar-refractivity contribution in [3.8, 4) is 0 Å². The van der Waals surface area contributed by atoms with Gasteiger partial charge in [0.15, 0.2) is 0 Å². The summed E-state index contributed by atoms with van der Waals surface area (Å²) >= 11 is 0. The van der Waals surface area contributed by atoms with Gasteiger partial charge in [0.1, 0.15) is 0 Å². The Bertz CT molecular complexity index is 126. The summed E-state index contributed by atoms with van der Waals surface area (Å²) in [5, 5.41) is 6.10. The average molecular weight is 172 g/mol. The molecule has 0 heterocycles. The Morgan fingerprint density at radius 3 is 2.42 bits per heavy atom. The third kappa shape index (κ3) is 6.16. The first-order valence-electron chi connectivity index (χ1n) is 4.65. The lowest BCUT2D eigenvalue weighted by Crippen LogP contribution is -2.33. The number of hydrogen-bond donors (Lipinski definition) is 2. The third-order valence-corrected chi connectivity index (χ3v) is 1.90. The average Bonchev–Trinajstić information content (AvgIpc) is 2.05. The molecule has 3 heteroatoms. The maximum absolute atomic E-state index is 10.6. The van der Waals surface area contributed by atoms with Gasteiger partial charge in [0, 0.05) is 13.5 Å². The van der Waals surface area contributed by atoms with Crippen LogP contribution in [0.2, 0.25) is 0 Å². The Kier molecular flexibility index (Phi) is 6.76. The summed E-state index contributed by atoms with van der Waals surface area (Å²) in [5.41, 5.74) is 0. The van der Waals surface area contributed by atoms with Crippen molar-refractivity contribution in [1.29, 1.82) is 0 Å². The van der Waals surface area contributed by atoms with Crippen LogP contribution in [0.15, 0.2) is 0 Å². The highest BCUT2D eigenvalue weighted by atomic mass is 16.1. The van der Waals surface area contributed by atoms with Gasteiger partial charge in [0.05, 0.1) is 0 Å². The second-order valence-electron chi connectivity index (χ2n) is 3.02. The van der Waals surface area contributed by atoms with E-state index in [-0.39, 0.29) is 5.91 Å². The molecule has 0 aliphatic carbocycles. The van der Waals surface area contributed by atoms with Crippen molar-refractivity contribution in [2.45, 2.75) is 27.2 Å². The smallest absolute Gasteiger partial charge is 0.216 e. The topological polar surface area (TPSA) is 41.1 Å². The molecule has 2 N–H and O–H groups in total. The van der Waals surface area contributed by atoms with E-state index in [4.69, 9.17) is 0 Å². The number of amides is 1. The van der Waals surface area contributed by atoms with E-state index in [1.54, 1.807) is 6.92 Å². The zero-order chi connectivity index (χ0) is 9.40. The molecule has 0 aliphatic heterocycles. The van der Waals surface area contributed by atoms with Crippen LogP contribution in [0.4, 0.5) is 0 Å². The van der Waals surface area contributed by atoms with Gasteiger partial charge in [-0.15, -0.1) is 0 Å². The molecule has 12 heavy (non-hydrogen) atoms. The van der Waals surface area contributed by atoms with Gasteiger partial charge in [-0.05, 0) is 19.0 Å². The highest BCUT2D eigenvalue weighted by Crippen LogP contribution is 1.98. The summed E-state index contributed by atoms with van der Waals surface area (Å²) < 4.78 is 0. The molecule has 0 bridgehead atoms. The molecule has 0 fully saturated rings. The molecular formula is C9H20N2O. The first-order chi connectivity index (χ1) is 5.70. The van der Waals surface area contributed by atoms with Crippen molar-refractivity contribution >= 4 is 5.91 Å². The zero-order valence-electron chi connectivity index (χ0n) is 8.31. The molecule has 1 unspecified atom stereocenters. The first kappa shape index (κ1) is 11.4. The van der Waals surface area contributed by atoms with Gasteiger partial charge < -0.3 is 10.6 Å². The Balaban J connectivity index is 3.45. The van der Waals surface area contributed by atoms with Crippen LogP contribution in [0.5, 0.6) is 0 Å². The van der Waals surface area contributed by atoms with E-state index < -0.39 is 0 Å². The van der Waals surface area contributed by atoms with Crippen molar-refractivity contribution in [2.75, 3.05) is 19.6 Å². The highest BCUT2D eigenvalue weighted by Gasteiger charge is 2.04. The predicted molar refractivity (Wildman–Crippen MR) is 51.0 cm³/mol. The molecule has 0 radical (unpaired) electrons. The van der Waals surface area contributed by atoms with Gasteiger partial charge in [0.25, 0.3) is 0 Å². The SMILES string of the molecule is CCNCC(CC)CNC(C)=O. The summed E-state index contributed by atoms with van der Waals surface area (Å²) in [4.78, 5) is 10.6. The Hall–Kier alpha value is -0.570. The van der Waals surface area contributed by atoms with Crippen LogP contribution in [0.1, 0.15) is 27.2 Å². The minimum Gasteiger partial charge on any atom is -0.356 e.